The molecule has 1 aromatic heterocycles. The molecular weight excluding hydrogens is 597 g/mol. The molecule has 0 radical (unpaired) electrons. The van der Waals surface area contributed by atoms with Crippen molar-refractivity contribution in [2.75, 3.05) is 24.3 Å². The fraction of sp³-hybridized carbons (Fsp3) is 0.375. The second-order valence-electron chi connectivity index (χ2n) is 11.2. The van der Waals surface area contributed by atoms with Crippen molar-refractivity contribution in [2.24, 2.45) is 5.92 Å². The normalized spacial score (nSPS) is 20.9. The smallest absolute Gasteiger partial charge is 0.411 e. The van der Waals surface area contributed by atoms with Gasteiger partial charge in [-0.2, -0.15) is 4.39 Å². The Morgan fingerprint density at radius 1 is 1.09 bits per heavy atom. The Labute approximate surface area is 257 Å². The molecule has 2 N–H and O–H groups in total. The van der Waals surface area contributed by atoms with E-state index in [1.54, 1.807) is 36.1 Å². The monoisotopic (exact) mass is 628 g/mol. The summed E-state index contributed by atoms with van der Waals surface area (Å²) in [6.07, 6.45) is 2.43. The average molecular weight is 629 g/mol. The predicted molar refractivity (Wildman–Crippen MR) is 160 cm³/mol. The number of rotatable bonds is 3. The standard InChI is InChI=1S/C32H32ClF3N4O4/c1-17-4-3-5-26(40-13-12-18(6-11-27(40)41)28-24(34)10-9-23(33)29(28)35)22-14-19(16-37-30(22)36)21-8-7-20(38-32(43)44-2)15-25(21)39-31(17)42/h7-10,14-18,26H,3-6,11-13H2,1-2H3,(H,38,43)(H,39,42)/t17?,18-,26+/m1/s1. The van der Waals surface area contributed by atoms with Gasteiger partial charge < -0.3 is 15.0 Å². The van der Waals surface area contributed by atoms with E-state index in [1.807, 2.05) is 0 Å². The fourth-order valence-electron chi connectivity index (χ4n) is 6.02. The summed E-state index contributed by atoms with van der Waals surface area (Å²) in [6, 6.07) is 8.03. The maximum absolute atomic E-state index is 15.5. The Morgan fingerprint density at radius 3 is 2.66 bits per heavy atom. The average Bonchev–Trinajstić information content (AvgIpc) is 3.19. The van der Waals surface area contributed by atoms with Crippen molar-refractivity contribution < 1.29 is 32.3 Å². The van der Waals surface area contributed by atoms with E-state index in [-0.39, 0.29) is 53.8 Å². The molecule has 232 valence electrons. The van der Waals surface area contributed by atoms with Gasteiger partial charge in [0.05, 0.1) is 23.9 Å². The molecule has 5 rings (SSSR count). The largest absolute Gasteiger partial charge is 0.453 e. The summed E-state index contributed by atoms with van der Waals surface area (Å²) in [7, 11) is 1.23. The zero-order valence-corrected chi connectivity index (χ0v) is 25.0. The topological polar surface area (TPSA) is 101 Å². The molecule has 12 heteroatoms. The quantitative estimate of drug-likeness (QED) is 0.230. The lowest BCUT2D eigenvalue weighted by atomic mass is 9.91. The fourth-order valence-corrected chi connectivity index (χ4v) is 6.18. The van der Waals surface area contributed by atoms with E-state index in [9.17, 15) is 23.2 Å². The third-order valence-electron chi connectivity index (χ3n) is 8.42. The number of carbonyl (C=O) groups excluding carboxylic acids is 3. The highest BCUT2D eigenvalue weighted by Gasteiger charge is 2.34. The minimum atomic E-state index is -0.831. The highest BCUT2D eigenvalue weighted by molar-refractivity contribution is 6.30. The first kappa shape index (κ1) is 31.3. The molecule has 3 aromatic rings. The van der Waals surface area contributed by atoms with Gasteiger partial charge in [-0.1, -0.05) is 31.0 Å². The summed E-state index contributed by atoms with van der Waals surface area (Å²) >= 11 is 5.94. The number of amides is 3. The van der Waals surface area contributed by atoms with Gasteiger partial charge in [0, 0.05) is 53.0 Å². The van der Waals surface area contributed by atoms with E-state index >= 15 is 4.39 Å². The zero-order chi connectivity index (χ0) is 31.5. The number of nitrogens with zero attached hydrogens (tertiary/aromatic N) is 2. The number of aromatic nitrogens is 1. The van der Waals surface area contributed by atoms with Crippen LogP contribution >= 0.6 is 11.6 Å². The number of likely N-dealkylation sites (tertiary alicyclic amines) is 1. The van der Waals surface area contributed by atoms with E-state index in [0.717, 1.165) is 12.1 Å². The second kappa shape index (κ2) is 13.3. The molecule has 0 saturated carbocycles. The van der Waals surface area contributed by atoms with Gasteiger partial charge in [0.2, 0.25) is 17.8 Å². The second-order valence-corrected chi connectivity index (χ2v) is 11.6. The molecule has 8 nitrogen and oxygen atoms in total. The van der Waals surface area contributed by atoms with Gasteiger partial charge in [0.25, 0.3) is 0 Å². The van der Waals surface area contributed by atoms with Crippen molar-refractivity contribution in [1.29, 1.82) is 0 Å². The van der Waals surface area contributed by atoms with Gasteiger partial charge in [-0.05, 0) is 61.9 Å². The van der Waals surface area contributed by atoms with Crippen molar-refractivity contribution >= 4 is 40.9 Å². The summed E-state index contributed by atoms with van der Waals surface area (Å²) in [6.45, 7) is 1.92. The lowest BCUT2D eigenvalue weighted by molar-refractivity contribution is -0.133. The summed E-state index contributed by atoms with van der Waals surface area (Å²) in [5, 5.41) is 5.30. The van der Waals surface area contributed by atoms with Gasteiger partial charge >= 0.3 is 6.09 Å². The van der Waals surface area contributed by atoms with Crippen molar-refractivity contribution in [3.05, 3.63) is 76.3 Å². The van der Waals surface area contributed by atoms with Crippen molar-refractivity contribution in [2.45, 2.75) is 57.4 Å². The first-order chi connectivity index (χ1) is 21.1. The lowest BCUT2D eigenvalue weighted by Crippen LogP contribution is -2.35. The maximum atomic E-state index is 15.5. The number of methoxy groups -OCH3 is 1. The lowest BCUT2D eigenvalue weighted by Gasteiger charge is -2.32. The Kier molecular flexibility index (Phi) is 9.43. The van der Waals surface area contributed by atoms with Crippen LogP contribution in [0.3, 0.4) is 0 Å². The van der Waals surface area contributed by atoms with Crippen LogP contribution in [-0.4, -0.2) is 41.4 Å². The third kappa shape index (κ3) is 6.52. The number of nitrogens with one attached hydrogen (secondary N) is 2. The molecule has 3 heterocycles. The number of carbonyl (C=O) groups is 3. The molecule has 1 unspecified atom stereocenters. The van der Waals surface area contributed by atoms with Crippen LogP contribution in [0.1, 0.15) is 68.5 Å². The van der Waals surface area contributed by atoms with Gasteiger partial charge in [-0.3, -0.25) is 14.9 Å². The van der Waals surface area contributed by atoms with Crippen LogP contribution in [0.5, 0.6) is 0 Å². The first-order valence-electron chi connectivity index (χ1n) is 14.5. The molecule has 0 aliphatic carbocycles. The molecule has 1 saturated heterocycles. The number of benzene rings is 2. The number of pyridine rings is 1. The van der Waals surface area contributed by atoms with Crippen LogP contribution in [-0.2, 0) is 14.3 Å². The van der Waals surface area contributed by atoms with E-state index in [4.69, 9.17) is 11.6 Å². The maximum Gasteiger partial charge on any atom is 0.411 e. The number of halogens is 4. The number of hydrogen-bond donors (Lipinski definition) is 2. The number of fused-ring (bicyclic) bond motifs is 4. The van der Waals surface area contributed by atoms with Crippen LogP contribution < -0.4 is 10.6 Å². The van der Waals surface area contributed by atoms with E-state index in [1.165, 1.54) is 13.3 Å². The van der Waals surface area contributed by atoms with Crippen molar-refractivity contribution in [3.8, 4) is 11.1 Å². The Hall–Kier alpha value is -4.12. The van der Waals surface area contributed by atoms with Gasteiger partial charge in [0.1, 0.15) is 11.6 Å². The SMILES string of the molecule is COC(=O)Nc1ccc2c(c1)NC(=O)C(C)CCC[C@H](N1CC[C@H](c3c(F)ccc(Cl)c3F)CCC1=O)c1cc-2cnc1F. The summed E-state index contributed by atoms with van der Waals surface area (Å²) < 4.78 is 49.8. The Balaban J connectivity index is 1.53. The molecule has 2 aliphatic heterocycles. The first-order valence-corrected chi connectivity index (χ1v) is 14.8. The van der Waals surface area contributed by atoms with Crippen LogP contribution in [0.4, 0.5) is 29.3 Å². The molecule has 3 amide bonds. The van der Waals surface area contributed by atoms with E-state index in [2.05, 4.69) is 20.4 Å². The van der Waals surface area contributed by atoms with Crippen LogP contribution in [0.2, 0.25) is 5.02 Å². The van der Waals surface area contributed by atoms with Crippen molar-refractivity contribution in [3.63, 3.8) is 0 Å². The number of ether oxygens (including phenoxy) is 1. The van der Waals surface area contributed by atoms with Crippen LogP contribution in [0.25, 0.3) is 11.1 Å². The van der Waals surface area contributed by atoms with Crippen molar-refractivity contribution in [1.82, 2.24) is 9.88 Å². The minimum Gasteiger partial charge on any atom is -0.453 e. The third-order valence-corrected chi connectivity index (χ3v) is 8.71. The van der Waals surface area contributed by atoms with Gasteiger partial charge in [-0.15, -0.1) is 0 Å². The number of hydrogen-bond acceptors (Lipinski definition) is 5. The molecule has 3 atom stereocenters. The molecule has 1 fully saturated rings. The zero-order valence-electron chi connectivity index (χ0n) is 24.3. The van der Waals surface area contributed by atoms with Gasteiger partial charge in [-0.25, -0.2) is 18.6 Å². The highest BCUT2D eigenvalue weighted by Crippen LogP contribution is 2.40. The van der Waals surface area contributed by atoms with E-state index in [0.29, 0.717) is 41.8 Å². The van der Waals surface area contributed by atoms with Gasteiger partial charge in [0.15, 0.2) is 0 Å². The highest BCUT2D eigenvalue weighted by atomic mass is 35.5. The van der Waals surface area contributed by atoms with Crippen LogP contribution in [0, 0.1) is 23.5 Å². The molecular formula is C32H32ClF3N4O4. The molecule has 2 aliphatic rings. The summed E-state index contributed by atoms with van der Waals surface area (Å²) in [5.74, 6) is -3.80. The summed E-state index contributed by atoms with van der Waals surface area (Å²) in [4.78, 5) is 44.1. The predicted octanol–water partition coefficient (Wildman–Crippen LogP) is 7.59. The summed E-state index contributed by atoms with van der Waals surface area (Å²) in [5.41, 5.74) is 1.84. The molecule has 0 spiro atoms. The number of anilines is 2. The van der Waals surface area contributed by atoms with Crippen LogP contribution in [0.15, 0.2) is 42.6 Å². The minimum absolute atomic E-state index is 0.0128. The Morgan fingerprint density at radius 2 is 1.89 bits per heavy atom. The molecule has 2 bridgehead atoms. The molecule has 2 aromatic carbocycles. The Bertz CT molecular complexity index is 1600. The van der Waals surface area contributed by atoms with E-state index < -0.39 is 41.6 Å². The molecule has 44 heavy (non-hydrogen) atoms.